The van der Waals surface area contributed by atoms with E-state index in [-0.39, 0.29) is 11.3 Å². The van der Waals surface area contributed by atoms with Gasteiger partial charge in [-0.05, 0) is 38.0 Å². The lowest BCUT2D eigenvalue weighted by molar-refractivity contribution is -0.146. The van der Waals surface area contributed by atoms with Crippen LogP contribution in [0, 0.1) is 11.3 Å². The number of carboxylic acid groups (broad SMARTS) is 1. The van der Waals surface area contributed by atoms with Gasteiger partial charge in [0.15, 0.2) is 0 Å². The lowest BCUT2D eigenvalue weighted by Crippen LogP contribution is -2.50. The number of amides is 1. The molecule has 0 spiro atoms. The summed E-state index contributed by atoms with van der Waals surface area (Å²) in [5.74, 6) is -0.794. The van der Waals surface area contributed by atoms with Crippen molar-refractivity contribution in [2.45, 2.75) is 65.3 Å². The van der Waals surface area contributed by atoms with E-state index in [1.807, 2.05) is 0 Å². The second-order valence-corrected chi connectivity index (χ2v) is 6.61. The summed E-state index contributed by atoms with van der Waals surface area (Å²) in [7, 11) is 0. The predicted molar refractivity (Wildman–Crippen MR) is 70.2 cm³/mol. The number of hydrogen-bond donors (Lipinski definition) is 2. The van der Waals surface area contributed by atoms with Crippen LogP contribution in [0.4, 0.5) is 0 Å². The monoisotopic (exact) mass is 255 g/mol. The van der Waals surface area contributed by atoms with Crippen molar-refractivity contribution < 1.29 is 14.7 Å². The zero-order valence-electron chi connectivity index (χ0n) is 11.9. The Morgan fingerprint density at radius 2 is 1.94 bits per heavy atom. The van der Waals surface area contributed by atoms with E-state index in [0.29, 0.717) is 12.3 Å². The van der Waals surface area contributed by atoms with E-state index >= 15 is 0 Å². The van der Waals surface area contributed by atoms with Gasteiger partial charge in [-0.15, -0.1) is 0 Å². The van der Waals surface area contributed by atoms with Crippen molar-refractivity contribution in [1.29, 1.82) is 0 Å². The topological polar surface area (TPSA) is 66.4 Å². The Morgan fingerprint density at radius 1 is 1.33 bits per heavy atom. The van der Waals surface area contributed by atoms with Gasteiger partial charge in [0, 0.05) is 6.42 Å². The Hall–Kier alpha value is -1.06. The van der Waals surface area contributed by atoms with Crippen LogP contribution in [0.15, 0.2) is 0 Å². The van der Waals surface area contributed by atoms with Gasteiger partial charge in [-0.25, -0.2) is 4.79 Å². The fraction of sp³-hybridized carbons (Fsp3) is 0.857. The minimum Gasteiger partial charge on any atom is -0.480 e. The van der Waals surface area contributed by atoms with Gasteiger partial charge in [-0.3, -0.25) is 4.79 Å². The van der Waals surface area contributed by atoms with Crippen LogP contribution in [0.2, 0.25) is 0 Å². The van der Waals surface area contributed by atoms with E-state index in [1.165, 1.54) is 26.7 Å². The lowest BCUT2D eigenvalue weighted by atomic mass is 9.67. The maximum Gasteiger partial charge on any atom is 0.328 e. The van der Waals surface area contributed by atoms with Crippen LogP contribution in [0.3, 0.4) is 0 Å². The van der Waals surface area contributed by atoms with E-state index in [9.17, 15) is 9.59 Å². The zero-order chi connectivity index (χ0) is 14.0. The number of nitrogens with one attached hydrogen (secondary N) is 1. The van der Waals surface area contributed by atoms with Gasteiger partial charge in [-0.2, -0.15) is 0 Å². The molecule has 4 nitrogen and oxygen atoms in total. The molecular weight excluding hydrogens is 230 g/mol. The first-order valence-corrected chi connectivity index (χ1v) is 6.69. The summed E-state index contributed by atoms with van der Waals surface area (Å²) in [4.78, 5) is 22.9. The standard InChI is InChI=1S/C14H25NO3/c1-13(2)8-6-5-7-10(13)9-11(16)15-14(3,4)12(17)18/h10H,5-9H2,1-4H3,(H,15,16)(H,17,18). The van der Waals surface area contributed by atoms with Crippen molar-refractivity contribution in [3.05, 3.63) is 0 Å². The largest absolute Gasteiger partial charge is 0.480 e. The summed E-state index contributed by atoms with van der Waals surface area (Å²) in [5, 5.41) is 11.6. The third-order valence-electron chi connectivity index (χ3n) is 4.15. The Morgan fingerprint density at radius 3 is 2.44 bits per heavy atom. The average molecular weight is 255 g/mol. The smallest absolute Gasteiger partial charge is 0.328 e. The summed E-state index contributed by atoms with van der Waals surface area (Å²) in [6.07, 6.45) is 5.04. The van der Waals surface area contributed by atoms with E-state index in [0.717, 1.165) is 12.8 Å². The van der Waals surface area contributed by atoms with Crippen LogP contribution in [0.25, 0.3) is 0 Å². The molecule has 1 saturated carbocycles. The molecule has 1 rings (SSSR count). The van der Waals surface area contributed by atoms with Crippen LogP contribution >= 0.6 is 0 Å². The number of carboxylic acids is 1. The molecule has 2 N–H and O–H groups in total. The van der Waals surface area contributed by atoms with Gasteiger partial charge in [0.2, 0.25) is 5.91 Å². The summed E-state index contributed by atoms with van der Waals surface area (Å²) in [6, 6.07) is 0. The molecule has 4 heteroatoms. The van der Waals surface area contributed by atoms with Crippen molar-refractivity contribution >= 4 is 11.9 Å². The number of carbonyl (C=O) groups excluding carboxylic acids is 1. The highest BCUT2D eigenvalue weighted by atomic mass is 16.4. The molecule has 0 bridgehead atoms. The van der Waals surface area contributed by atoms with E-state index in [1.54, 1.807) is 0 Å². The summed E-state index contributed by atoms with van der Waals surface area (Å²) in [5.41, 5.74) is -1.00. The Kier molecular flexibility index (Phi) is 4.41. The van der Waals surface area contributed by atoms with Crippen LogP contribution in [-0.2, 0) is 9.59 Å². The third kappa shape index (κ3) is 3.72. The van der Waals surface area contributed by atoms with Crippen LogP contribution in [0.5, 0.6) is 0 Å². The van der Waals surface area contributed by atoms with Crippen molar-refractivity contribution in [2.24, 2.45) is 11.3 Å². The second kappa shape index (κ2) is 5.29. The first kappa shape index (κ1) is 15.0. The first-order valence-electron chi connectivity index (χ1n) is 6.69. The van der Waals surface area contributed by atoms with Crippen molar-refractivity contribution in [3.8, 4) is 0 Å². The van der Waals surface area contributed by atoms with Crippen molar-refractivity contribution in [3.63, 3.8) is 0 Å². The van der Waals surface area contributed by atoms with Gasteiger partial charge in [0.1, 0.15) is 5.54 Å². The molecule has 0 radical (unpaired) electrons. The molecule has 104 valence electrons. The molecule has 18 heavy (non-hydrogen) atoms. The van der Waals surface area contributed by atoms with E-state index in [2.05, 4.69) is 19.2 Å². The SMILES string of the molecule is CC(C)(NC(=O)CC1CCCCC1(C)C)C(=O)O. The molecule has 0 heterocycles. The Balaban J connectivity index is 2.57. The van der Waals surface area contributed by atoms with Gasteiger partial charge < -0.3 is 10.4 Å². The fourth-order valence-corrected chi connectivity index (χ4v) is 2.62. The minimum absolute atomic E-state index is 0.151. The Bertz CT molecular complexity index is 334. The molecule has 1 unspecified atom stereocenters. The van der Waals surface area contributed by atoms with Crippen LogP contribution in [0.1, 0.15) is 59.8 Å². The molecule has 1 aliphatic carbocycles. The van der Waals surface area contributed by atoms with Crippen LogP contribution in [-0.4, -0.2) is 22.5 Å². The quantitative estimate of drug-likeness (QED) is 0.811. The van der Waals surface area contributed by atoms with Gasteiger partial charge in [0.25, 0.3) is 0 Å². The van der Waals surface area contributed by atoms with Crippen LogP contribution < -0.4 is 5.32 Å². The van der Waals surface area contributed by atoms with Gasteiger partial charge >= 0.3 is 5.97 Å². The number of aliphatic carboxylic acids is 1. The molecule has 1 atom stereocenters. The Labute approximate surface area is 109 Å². The van der Waals surface area contributed by atoms with Gasteiger partial charge in [0.05, 0.1) is 0 Å². The number of hydrogen-bond acceptors (Lipinski definition) is 2. The highest BCUT2D eigenvalue weighted by Crippen LogP contribution is 2.42. The number of carbonyl (C=O) groups is 2. The highest BCUT2D eigenvalue weighted by molar-refractivity contribution is 5.86. The van der Waals surface area contributed by atoms with E-state index in [4.69, 9.17) is 5.11 Å². The van der Waals surface area contributed by atoms with E-state index < -0.39 is 11.5 Å². The highest BCUT2D eigenvalue weighted by Gasteiger charge is 2.35. The molecule has 0 aromatic heterocycles. The third-order valence-corrected chi connectivity index (χ3v) is 4.15. The lowest BCUT2D eigenvalue weighted by Gasteiger charge is -2.38. The molecule has 1 amide bonds. The molecule has 0 aromatic carbocycles. The zero-order valence-corrected chi connectivity index (χ0v) is 11.9. The maximum absolute atomic E-state index is 11.9. The maximum atomic E-state index is 11.9. The molecule has 0 saturated heterocycles. The number of rotatable bonds is 4. The first-order chi connectivity index (χ1) is 8.15. The molecule has 0 aromatic rings. The average Bonchev–Trinajstić information content (AvgIpc) is 2.20. The summed E-state index contributed by atoms with van der Waals surface area (Å²) >= 11 is 0. The molecule has 1 fully saturated rings. The predicted octanol–water partition coefficient (Wildman–Crippen LogP) is 2.57. The van der Waals surface area contributed by atoms with Crippen molar-refractivity contribution in [1.82, 2.24) is 5.32 Å². The minimum atomic E-state index is -1.18. The molecule has 1 aliphatic rings. The second-order valence-electron chi connectivity index (χ2n) is 6.61. The molecular formula is C14H25NO3. The fourth-order valence-electron chi connectivity index (χ4n) is 2.62. The normalized spacial score (nSPS) is 23.4. The molecule has 0 aliphatic heterocycles. The summed E-state index contributed by atoms with van der Waals surface area (Å²) in [6.45, 7) is 7.43. The van der Waals surface area contributed by atoms with Crippen molar-refractivity contribution in [2.75, 3.05) is 0 Å². The summed E-state index contributed by atoms with van der Waals surface area (Å²) < 4.78 is 0. The van der Waals surface area contributed by atoms with Gasteiger partial charge in [-0.1, -0.05) is 26.7 Å².